The number of nitrogens with zero attached hydrogens (tertiary/aromatic N) is 4. The number of fused-ring (bicyclic) bond motifs is 1. The minimum Gasteiger partial charge on any atom is -0.394 e. The summed E-state index contributed by atoms with van der Waals surface area (Å²) >= 11 is 3.30. The first-order valence-electron chi connectivity index (χ1n) is 7.68. The maximum Gasteiger partial charge on any atom is 0.199 e. The Labute approximate surface area is 150 Å². The summed E-state index contributed by atoms with van der Waals surface area (Å²) in [7, 11) is 0. The second-order valence-electron chi connectivity index (χ2n) is 5.76. The van der Waals surface area contributed by atoms with Crippen molar-refractivity contribution in [3.8, 4) is 11.3 Å². The maximum atomic E-state index is 10.3. The van der Waals surface area contributed by atoms with E-state index in [4.69, 9.17) is 4.74 Å². The van der Waals surface area contributed by atoms with Crippen molar-refractivity contribution >= 4 is 27.1 Å². The van der Waals surface area contributed by atoms with Crippen molar-refractivity contribution in [1.82, 2.24) is 19.5 Å². The minimum absolute atomic E-state index is 0.368. The largest absolute Gasteiger partial charge is 0.394 e. The summed E-state index contributed by atoms with van der Waals surface area (Å²) in [4.78, 5) is 13.1. The first-order chi connectivity index (χ1) is 12.1. The number of aromatic nitrogens is 4. The number of hydrogen-bond donors (Lipinski definition) is 3. The standard InChI is InChI=1S/C16H15BrN4O4/c17-16-19-10(8-4-2-1-3-5-8)11-14(20-16)21(7-18-11)15-13(24)12(23)9(6-22)25-15/h1-5,7,9,12-13,15,22-24H,6H2/t9-,12-,13-,15-/m1/s1. The molecule has 1 fully saturated rings. The summed E-state index contributed by atoms with van der Waals surface area (Å²) in [5.41, 5.74) is 2.52. The van der Waals surface area contributed by atoms with Gasteiger partial charge in [-0.15, -0.1) is 0 Å². The average Bonchev–Trinajstić information content (AvgIpc) is 3.16. The molecule has 0 aliphatic carbocycles. The predicted molar refractivity (Wildman–Crippen MR) is 91.5 cm³/mol. The molecular formula is C16H15BrN4O4. The molecule has 3 aromatic rings. The Balaban J connectivity index is 1.84. The summed E-state index contributed by atoms with van der Waals surface area (Å²) < 4.78 is 7.48. The van der Waals surface area contributed by atoms with E-state index < -0.39 is 31.1 Å². The first kappa shape index (κ1) is 16.6. The Morgan fingerprint density at radius 3 is 2.56 bits per heavy atom. The zero-order chi connectivity index (χ0) is 17.6. The van der Waals surface area contributed by atoms with Crippen molar-refractivity contribution in [1.29, 1.82) is 0 Å². The molecule has 2 aromatic heterocycles. The molecule has 3 N–H and O–H groups in total. The van der Waals surface area contributed by atoms with Crippen molar-refractivity contribution in [2.45, 2.75) is 24.5 Å². The monoisotopic (exact) mass is 406 g/mol. The van der Waals surface area contributed by atoms with Crippen molar-refractivity contribution in [2.75, 3.05) is 6.61 Å². The predicted octanol–water partition coefficient (Wildman–Crippen LogP) is 0.867. The van der Waals surface area contributed by atoms with Gasteiger partial charge < -0.3 is 20.1 Å². The summed E-state index contributed by atoms with van der Waals surface area (Å²) in [6.45, 7) is -0.394. The Morgan fingerprint density at radius 2 is 1.88 bits per heavy atom. The van der Waals surface area contributed by atoms with E-state index in [-0.39, 0.29) is 0 Å². The highest BCUT2D eigenvalue weighted by molar-refractivity contribution is 9.10. The normalized spacial score (nSPS) is 26.4. The van der Waals surface area contributed by atoms with E-state index in [1.54, 1.807) is 0 Å². The van der Waals surface area contributed by atoms with Crippen LogP contribution in [0.4, 0.5) is 0 Å². The van der Waals surface area contributed by atoms with Crippen molar-refractivity contribution in [3.05, 3.63) is 41.4 Å². The Bertz CT molecular complexity index is 904. The van der Waals surface area contributed by atoms with Crippen LogP contribution in [-0.2, 0) is 4.74 Å². The topological polar surface area (TPSA) is 114 Å². The number of aliphatic hydroxyl groups excluding tert-OH is 3. The maximum absolute atomic E-state index is 10.3. The zero-order valence-corrected chi connectivity index (χ0v) is 14.5. The zero-order valence-electron chi connectivity index (χ0n) is 12.9. The molecule has 9 heteroatoms. The van der Waals surface area contributed by atoms with E-state index in [1.807, 2.05) is 30.3 Å². The summed E-state index contributed by atoms with van der Waals surface area (Å²) in [5.74, 6) is 0. The van der Waals surface area contributed by atoms with Crippen LogP contribution in [0, 0.1) is 0 Å². The molecule has 25 heavy (non-hydrogen) atoms. The van der Waals surface area contributed by atoms with Crippen LogP contribution < -0.4 is 0 Å². The van der Waals surface area contributed by atoms with Gasteiger partial charge in [-0.3, -0.25) is 4.57 Å². The van der Waals surface area contributed by atoms with Crippen molar-refractivity contribution < 1.29 is 20.1 Å². The number of imidazole rings is 1. The van der Waals surface area contributed by atoms with Crippen LogP contribution in [0.15, 0.2) is 41.4 Å². The van der Waals surface area contributed by atoms with E-state index in [1.165, 1.54) is 10.9 Å². The van der Waals surface area contributed by atoms with E-state index in [0.717, 1.165) is 5.56 Å². The van der Waals surface area contributed by atoms with Gasteiger partial charge in [0.25, 0.3) is 0 Å². The lowest BCUT2D eigenvalue weighted by Crippen LogP contribution is -2.33. The minimum atomic E-state index is -1.21. The summed E-state index contributed by atoms with van der Waals surface area (Å²) in [6.07, 6.45) is -2.67. The van der Waals surface area contributed by atoms with Gasteiger partial charge >= 0.3 is 0 Å². The quantitative estimate of drug-likeness (QED) is 0.552. The Kier molecular flexibility index (Phi) is 4.26. The molecule has 1 aliphatic rings. The average molecular weight is 407 g/mol. The lowest BCUT2D eigenvalue weighted by molar-refractivity contribution is -0.0511. The molecule has 8 nitrogen and oxygen atoms in total. The molecule has 130 valence electrons. The highest BCUT2D eigenvalue weighted by Gasteiger charge is 2.44. The number of ether oxygens (including phenoxy) is 1. The van der Waals surface area contributed by atoms with Crippen LogP contribution in [0.25, 0.3) is 22.4 Å². The smallest absolute Gasteiger partial charge is 0.199 e. The van der Waals surface area contributed by atoms with Gasteiger partial charge in [-0.1, -0.05) is 30.3 Å². The summed E-state index contributed by atoms with van der Waals surface area (Å²) in [6, 6.07) is 9.55. The fraction of sp³-hybridized carbons (Fsp3) is 0.312. The van der Waals surface area contributed by atoms with Crippen LogP contribution in [0.5, 0.6) is 0 Å². The first-order valence-corrected chi connectivity index (χ1v) is 8.47. The molecular weight excluding hydrogens is 392 g/mol. The molecule has 1 aliphatic heterocycles. The van der Waals surface area contributed by atoms with Gasteiger partial charge in [0.05, 0.1) is 12.9 Å². The molecule has 4 rings (SSSR count). The van der Waals surface area contributed by atoms with Gasteiger partial charge in [-0.25, -0.2) is 15.0 Å². The van der Waals surface area contributed by atoms with Gasteiger partial charge in [0.2, 0.25) is 0 Å². The third-order valence-corrected chi connectivity index (χ3v) is 4.59. The van der Waals surface area contributed by atoms with Crippen LogP contribution in [0.2, 0.25) is 0 Å². The fourth-order valence-electron chi connectivity index (χ4n) is 2.98. The van der Waals surface area contributed by atoms with Gasteiger partial charge in [0.15, 0.2) is 16.6 Å². The molecule has 0 unspecified atom stereocenters. The molecule has 0 radical (unpaired) electrons. The number of rotatable bonds is 3. The molecule has 4 atom stereocenters. The Morgan fingerprint density at radius 1 is 1.12 bits per heavy atom. The Hall–Kier alpha value is -1.91. The molecule has 1 aromatic carbocycles. The third kappa shape index (κ3) is 2.74. The molecule has 3 heterocycles. The number of hydrogen-bond acceptors (Lipinski definition) is 7. The number of aliphatic hydroxyl groups is 3. The van der Waals surface area contributed by atoms with Crippen LogP contribution >= 0.6 is 15.9 Å². The lowest BCUT2D eigenvalue weighted by Gasteiger charge is -2.16. The second-order valence-corrected chi connectivity index (χ2v) is 6.47. The number of halogens is 1. The molecule has 0 saturated carbocycles. The van der Waals surface area contributed by atoms with Gasteiger partial charge in [-0.05, 0) is 15.9 Å². The SMILES string of the molecule is OC[C@H]1O[C@@H](n2cnc3c(-c4ccccc4)nc(Br)nc32)[C@H](O)[C@@H]1O. The van der Waals surface area contributed by atoms with E-state index in [9.17, 15) is 15.3 Å². The van der Waals surface area contributed by atoms with Gasteiger partial charge in [0, 0.05) is 5.56 Å². The molecule has 1 saturated heterocycles. The van der Waals surface area contributed by atoms with Gasteiger partial charge in [-0.2, -0.15) is 0 Å². The molecule has 0 amide bonds. The highest BCUT2D eigenvalue weighted by atomic mass is 79.9. The lowest BCUT2D eigenvalue weighted by atomic mass is 10.1. The second kappa shape index (κ2) is 6.43. The van der Waals surface area contributed by atoms with Crippen LogP contribution in [0.1, 0.15) is 6.23 Å². The van der Waals surface area contributed by atoms with Crippen LogP contribution in [-0.4, -0.2) is 59.8 Å². The van der Waals surface area contributed by atoms with E-state index >= 15 is 0 Å². The molecule has 0 bridgehead atoms. The van der Waals surface area contributed by atoms with Gasteiger partial charge in [0.1, 0.15) is 29.5 Å². The van der Waals surface area contributed by atoms with Crippen molar-refractivity contribution in [2.24, 2.45) is 0 Å². The number of benzene rings is 1. The fourth-order valence-corrected chi connectivity index (χ4v) is 3.33. The third-order valence-electron chi connectivity index (χ3n) is 4.23. The van der Waals surface area contributed by atoms with E-state index in [2.05, 4.69) is 30.9 Å². The van der Waals surface area contributed by atoms with Crippen molar-refractivity contribution in [3.63, 3.8) is 0 Å². The van der Waals surface area contributed by atoms with E-state index in [0.29, 0.717) is 21.6 Å². The highest BCUT2D eigenvalue weighted by Crippen LogP contribution is 2.33. The van der Waals surface area contributed by atoms with Crippen LogP contribution in [0.3, 0.4) is 0 Å². The summed E-state index contributed by atoms with van der Waals surface area (Å²) in [5, 5.41) is 29.5. The molecule has 0 spiro atoms.